The SMILES string of the molecule is Cc1ccc(C)c(C(O)=C2C(=O)C(=O)N(CCN3CCOCC3)[C@@H]2c2ccccc2F)c1. The molecule has 2 aliphatic heterocycles. The predicted molar refractivity (Wildman–Crippen MR) is 119 cm³/mol. The van der Waals surface area contributed by atoms with Crippen LogP contribution in [0.4, 0.5) is 4.39 Å². The van der Waals surface area contributed by atoms with Crippen LogP contribution in [0.15, 0.2) is 48.0 Å². The zero-order valence-electron chi connectivity index (χ0n) is 18.3. The van der Waals surface area contributed by atoms with Crippen molar-refractivity contribution in [3.05, 3.63) is 76.1 Å². The molecule has 1 atom stereocenters. The van der Waals surface area contributed by atoms with Crippen molar-refractivity contribution in [2.45, 2.75) is 19.9 Å². The minimum atomic E-state index is -0.989. The van der Waals surface area contributed by atoms with Gasteiger partial charge in [-0.05, 0) is 31.5 Å². The molecule has 0 unspecified atom stereocenters. The minimum Gasteiger partial charge on any atom is -0.507 e. The van der Waals surface area contributed by atoms with Gasteiger partial charge in [0.1, 0.15) is 11.6 Å². The maximum atomic E-state index is 14.9. The van der Waals surface area contributed by atoms with Crippen LogP contribution in [0, 0.1) is 19.7 Å². The maximum absolute atomic E-state index is 14.9. The van der Waals surface area contributed by atoms with Gasteiger partial charge in [0.2, 0.25) is 0 Å². The van der Waals surface area contributed by atoms with Gasteiger partial charge in [0.15, 0.2) is 0 Å². The van der Waals surface area contributed by atoms with E-state index < -0.39 is 23.5 Å². The van der Waals surface area contributed by atoms with E-state index in [1.54, 1.807) is 24.3 Å². The first-order chi connectivity index (χ1) is 15.4. The molecule has 0 spiro atoms. The molecule has 0 aromatic heterocycles. The van der Waals surface area contributed by atoms with Crippen LogP contribution in [0.5, 0.6) is 0 Å². The number of rotatable bonds is 5. The molecule has 7 heteroatoms. The quantitative estimate of drug-likeness (QED) is 0.441. The molecule has 0 radical (unpaired) electrons. The lowest BCUT2D eigenvalue weighted by molar-refractivity contribution is -0.140. The summed E-state index contributed by atoms with van der Waals surface area (Å²) in [6.45, 7) is 7.17. The molecule has 1 amide bonds. The van der Waals surface area contributed by atoms with E-state index >= 15 is 0 Å². The molecule has 2 aromatic rings. The molecule has 2 heterocycles. The number of benzene rings is 2. The summed E-state index contributed by atoms with van der Waals surface area (Å²) in [6, 6.07) is 10.6. The van der Waals surface area contributed by atoms with Crippen molar-refractivity contribution in [3.63, 3.8) is 0 Å². The number of carbonyl (C=O) groups excluding carboxylic acids is 2. The van der Waals surface area contributed by atoms with Gasteiger partial charge in [0.25, 0.3) is 11.7 Å². The topological polar surface area (TPSA) is 70.1 Å². The molecule has 0 aliphatic carbocycles. The highest BCUT2D eigenvalue weighted by Gasteiger charge is 2.47. The number of aryl methyl sites for hydroxylation is 2. The van der Waals surface area contributed by atoms with Crippen molar-refractivity contribution in [1.29, 1.82) is 0 Å². The molecule has 1 N–H and O–H groups in total. The van der Waals surface area contributed by atoms with Gasteiger partial charge in [-0.2, -0.15) is 0 Å². The smallest absolute Gasteiger partial charge is 0.295 e. The zero-order chi connectivity index (χ0) is 22.8. The Morgan fingerprint density at radius 2 is 1.81 bits per heavy atom. The molecule has 0 bridgehead atoms. The van der Waals surface area contributed by atoms with E-state index in [4.69, 9.17) is 4.74 Å². The highest BCUT2D eigenvalue weighted by molar-refractivity contribution is 6.46. The Hall–Kier alpha value is -3.03. The van der Waals surface area contributed by atoms with E-state index in [-0.39, 0.29) is 23.4 Å². The number of nitrogens with zero attached hydrogens (tertiary/aromatic N) is 2. The number of amides is 1. The number of ketones is 1. The number of likely N-dealkylation sites (tertiary alicyclic amines) is 1. The van der Waals surface area contributed by atoms with Crippen molar-refractivity contribution >= 4 is 17.4 Å². The number of hydrogen-bond donors (Lipinski definition) is 1. The lowest BCUT2D eigenvalue weighted by Gasteiger charge is -2.31. The molecule has 4 rings (SSSR count). The van der Waals surface area contributed by atoms with E-state index in [2.05, 4.69) is 4.90 Å². The minimum absolute atomic E-state index is 0.0734. The fraction of sp³-hybridized carbons (Fsp3) is 0.360. The summed E-state index contributed by atoms with van der Waals surface area (Å²) in [6.07, 6.45) is 0. The summed E-state index contributed by atoms with van der Waals surface area (Å²) in [5, 5.41) is 11.2. The lowest BCUT2D eigenvalue weighted by Crippen LogP contribution is -2.42. The molecule has 32 heavy (non-hydrogen) atoms. The van der Waals surface area contributed by atoms with E-state index in [0.717, 1.165) is 24.2 Å². The third-order valence-electron chi connectivity index (χ3n) is 6.15. The van der Waals surface area contributed by atoms with Crippen LogP contribution in [-0.2, 0) is 14.3 Å². The van der Waals surface area contributed by atoms with Gasteiger partial charge in [0, 0.05) is 37.3 Å². The van der Waals surface area contributed by atoms with Gasteiger partial charge in [0.05, 0.1) is 24.8 Å². The Bertz CT molecular complexity index is 1080. The Morgan fingerprint density at radius 3 is 2.53 bits per heavy atom. The van der Waals surface area contributed by atoms with Crippen LogP contribution >= 0.6 is 0 Å². The number of ether oxygens (including phenoxy) is 1. The second-order valence-electron chi connectivity index (χ2n) is 8.29. The monoisotopic (exact) mass is 438 g/mol. The van der Waals surface area contributed by atoms with E-state index in [9.17, 15) is 19.1 Å². The first-order valence-corrected chi connectivity index (χ1v) is 10.8. The van der Waals surface area contributed by atoms with E-state index in [1.165, 1.54) is 11.0 Å². The van der Waals surface area contributed by atoms with Crippen LogP contribution in [0.3, 0.4) is 0 Å². The van der Waals surface area contributed by atoms with Crippen LogP contribution in [0.1, 0.15) is 28.3 Å². The summed E-state index contributed by atoms with van der Waals surface area (Å²) in [4.78, 5) is 29.7. The van der Waals surface area contributed by atoms with Gasteiger partial charge in [-0.25, -0.2) is 4.39 Å². The fourth-order valence-electron chi connectivity index (χ4n) is 4.34. The highest BCUT2D eigenvalue weighted by Crippen LogP contribution is 2.40. The lowest BCUT2D eigenvalue weighted by atomic mass is 9.93. The van der Waals surface area contributed by atoms with Gasteiger partial charge < -0.3 is 14.7 Å². The van der Waals surface area contributed by atoms with Gasteiger partial charge in [-0.1, -0.05) is 35.9 Å². The van der Waals surface area contributed by atoms with Crippen molar-refractivity contribution in [2.75, 3.05) is 39.4 Å². The largest absolute Gasteiger partial charge is 0.507 e. The number of Topliss-reactive ketones (excluding diaryl/α,β-unsaturated/α-hetero) is 1. The number of halogens is 1. The van der Waals surface area contributed by atoms with Crippen molar-refractivity contribution < 1.29 is 23.8 Å². The Balaban J connectivity index is 1.79. The summed E-state index contributed by atoms with van der Waals surface area (Å²) in [5.41, 5.74) is 2.26. The van der Waals surface area contributed by atoms with Crippen molar-refractivity contribution in [1.82, 2.24) is 9.80 Å². The number of aliphatic hydroxyl groups excluding tert-OH is 1. The van der Waals surface area contributed by atoms with Crippen LogP contribution in [0.2, 0.25) is 0 Å². The normalized spacial score (nSPS) is 21.3. The third-order valence-corrected chi connectivity index (χ3v) is 6.15. The summed E-state index contributed by atoms with van der Waals surface area (Å²) in [7, 11) is 0. The first kappa shape index (κ1) is 22.2. The Labute approximate surface area is 186 Å². The van der Waals surface area contributed by atoms with E-state index in [0.29, 0.717) is 25.3 Å². The summed E-state index contributed by atoms with van der Waals surface area (Å²) >= 11 is 0. The summed E-state index contributed by atoms with van der Waals surface area (Å²) in [5.74, 6) is -2.31. The number of aliphatic hydroxyl groups is 1. The second-order valence-corrected chi connectivity index (χ2v) is 8.29. The van der Waals surface area contributed by atoms with E-state index in [1.807, 2.05) is 26.0 Å². The highest BCUT2D eigenvalue weighted by atomic mass is 19.1. The van der Waals surface area contributed by atoms with Crippen molar-refractivity contribution in [2.24, 2.45) is 0 Å². The predicted octanol–water partition coefficient (Wildman–Crippen LogP) is 3.20. The van der Waals surface area contributed by atoms with Gasteiger partial charge in [-0.15, -0.1) is 0 Å². The molecule has 6 nitrogen and oxygen atoms in total. The molecule has 2 aliphatic rings. The Morgan fingerprint density at radius 1 is 1.09 bits per heavy atom. The maximum Gasteiger partial charge on any atom is 0.295 e. The van der Waals surface area contributed by atoms with Gasteiger partial charge in [-0.3, -0.25) is 14.5 Å². The zero-order valence-corrected chi connectivity index (χ0v) is 18.3. The molecular formula is C25H27FN2O4. The average Bonchev–Trinajstić information content (AvgIpc) is 3.04. The molecule has 2 saturated heterocycles. The first-order valence-electron chi connectivity index (χ1n) is 10.8. The van der Waals surface area contributed by atoms with Gasteiger partial charge >= 0.3 is 0 Å². The second kappa shape index (κ2) is 9.22. The molecule has 0 saturated carbocycles. The summed E-state index contributed by atoms with van der Waals surface area (Å²) < 4.78 is 20.2. The fourth-order valence-corrected chi connectivity index (χ4v) is 4.34. The van der Waals surface area contributed by atoms with Crippen LogP contribution in [0.25, 0.3) is 5.76 Å². The number of hydrogen-bond acceptors (Lipinski definition) is 5. The number of morpholine rings is 1. The molecular weight excluding hydrogens is 411 g/mol. The average molecular weight is 438 g/mol. The van der Waals surface area contributed by atoms with Crippen LogP contribution in [-0.4, -0.2) is 66.0 Å². The van der Waals surface area contributed by atoms with Crippen molar-refractivity contribution in [3.8, 4) is 0 Å². The molecule has 168 valence electrons. The van der Waals surface area contributed by atoms with Crippen LogP contribution < -0.4 is 0 Å². The standard InChI is InChI=1S/C25H27FN2O4/c1-16-7-8-17(2)19(15-16)23(29)21-22(18-5-3-4-6-20(18)26)28(25(31)24(21)30)10-9-27-11-13-32-14-12-27/h3-8,15,22,29H,9-14H2,1-2H3/t22-/m1/s1. The third kappa shape index (κ3) is 4.18. The molecule has 2 fully saturated rings. The molecule has 2 aromatic carbocycles. The number of carbonyl (C=O) groups is 2. The Kier molecular flexibility index (Phi) is 6.39.